The van der Waals surface area contributed by atoms with Crippen molar-refractivity contribution in [2.24, 2.45) is 0 Å². The molecule has 6 heteroatoms. The molecule has 0 saturated heterocycles. The third-order valence-electron chi connectivity index (χ3n) is 11.5. The lowest BCUT2D eigenvalue weighted by molar-refractivity contribution is -0.167. The Morgan fingerprint density at radius 3 is 0.984 bits per heavy atom. The molecule has 63 heavy (non-hydrogen) atoms. The summed E-state index contributed by atoms with van der Waals surface area (Å²) in [6.07, 6.45) is 63.5. The molecule has 0 heterocycles. The topological polar surface area (TPSA) is 78.9 Å². The van der Waals surface area contributed by atoms with E-state index in [4.69, 9.17) is 14.2 Å². The molecule has 0 aliphatic rings. The van der Waals surface area contributed by atoms with Crippen LogP contribution in [0.5, 0.6) is 0 Å². The van der Waals surface area contributed by atoms with Crippen molar-refractivity contribution in [3.63, 3.8) is 0 Å². The van der Waals surface area contributed by atoms with Crippen LogP contribution in [0.2, 0.25) is 0 Å². The van der Waals surface area contributed by atoms with Crippen LogP contribution >= 0.6 is 0 Å². The average Bonchev–Trinajstić information content (AvgIpc) is 3.28. The Kier molecular flexibility index (Phi) is 49.4. The van der Waals surface area contributed by atoms with Gasteiger partial charge >= 0.3 is 17.9 Å². The molecule has 0 unspecified atom stereocenters. The van der Waals surface area contributed by atoms with Crippen molar-refractivity contribution in [1.29, 1.82) is 0 Å². The molecule has 0 bridgehead atoms. The van der Waals surface area contributed by atoms with Gasteiger partial charge in [0.05, 0.1) is 0 Å². The molecular weight excluding hydrogens is 781 g/mol. The molecule has 0 aromatic carbocycles. The number of unbranched alkanes of at least 4 members (excludes halogenated alkanes) is 27. The van der Waals surface area contributed by atoms with Crippen molar-refractivity contribution in [3.8, 4) is 0 Å². The lowest BCUT2D eigenvalue weighted by Crippen LogP contribution is -2.30. The van der Waals surface area contributed by atoms with E-state index in [1.165, 1.54) is 154 Å². The van der Waals surface area contributed by atoms with Gasteiger partial charge in [-0.2, -0.15) is 0 Å². The zero-order chi connectivity index (χ0) is 45.8. The summed E-state index contributed by atoms with van der Waals surface area (Å²) in [4.78, 5) is 38.0. The first-order valence-electron chi connectivity index (χ1n) is 26.8. The number of esters is 3. The first-order valence-corrected chi connectivity index (χ1v) is 26.8. The monoisotopic (exact) mass is 881 g/mol. The van der Waals surface area contributed by atoms with Crippen LogP contribution in [-0.4, -0.2) is 37.2 Å². The van der Waals surface area contributed by atoms with Crippen LogP contribution in [-0.2, 0) is 28.6 Å². The molecule has 0 rings (SSSR count). The Hall–Kier alpha value is -2.89. The second kappa shape index (κ2) is 51.7. The van der Waals surface area contributed by atoms with Crippen LogP contribution in [0.1, 0.15) is 265 Å². The molecule has 0 aromatic rings. The number of hydrogen-bond acceptors (Lipinski definition) is 6. The molecule has 364 valence electrons. The van der Waals surface area contributed by atoms with Crippen molar-refractivity contribution in [1.82, 2.24) is 0 Å². The van der Waals surface area contributed by atoms with E-state index in [1.807, 2.05) is 0 Å². The van der Waals surface area contributed by atoms with Crippen LogP contribution in [0.3, 0.4) is 0 Å². The van der Waals surface area contributed by atoms with Crippen molar-refractivity contribution in [2.75, 3.05) is 13.2 Å². The number of hydrogen-bond donors (Lipinski definition) is 0. The summed E-state index contributed by atoms with van der Waals surface area (Å²) in [6, 6.07) is 0. The summed E-state index contributed by atoms with van der Waals surface area (Å²) < 4.78 is 16.8. The third-order valence-corrected chi connectivity index (χ3v) is 11.5. The maximum absolute atomic E-state index is 12.8. The molecule has 0 fully saturated rings. The van der Waals surface area contributed by atoms with Crippen molar-refractivity contribution in [2.45, 2.75) is 271 Å². The molecular formula is C57H100O6. The van der Waals surface area contributed by atoms with E-state index in [0.29, 0.717) is 19.3 Å². The maximum atomic E-state index is 12.8. The van der Waals surface area contributed by atoms with Gasteiger partial charge in [0.1, 0.15) is 13.2 Å². The minimum Gasteiger partial charge on any atom is -0.462 e. The fourth-order valence-corrected chi connectivity index (χ4v) is 7.39. The summed E-state index contributed by atoms with van der Waals surface area (Å²) in [5.41, 5.74) is 0. The zero-order valence-corrected chi connectivity index (χ0v) is 41.6. The number of ether oxygens (including phenoxy) is 3. The highest BCUT2D eigenvalue weighted by Crippen LogP contribution is 2.14. The van der Waals surface area contributed by atoms with Crippen LogP contribution in [0, 0.1) is 0 Å². The smallest absolute Gasteiger partial charge is 0.306 e. The number of allylic oxidation sites excluding steroid dienone is 10. The summed E-state index contributed by atoms with van der Waals surface area (Å²) in [5.74, 6) is -0.957. The minimum absolute atomic E-state index is 0.0954. The summed E-state index contributed by atoms with van der Waals surface area (Å²) in [6.45, 7) is 6.56. The highest BCUT2D eigenvalue weighted by Gasteiger charge is 2.19. The fraction of sp³-hybridized carbons (Fsp3) is 0.772. The Balaban J connectivity index is 4.46. The predicted molar refractivity (Wildman–Crippen MR) is 270 cm³/mol. The number of carbonyl (C=O) groups excluding carboxylic acids is 3. The van der Waals surface area contributed by atoms with E-state index in [0.717, 1.165) is 64.2 Å². The van der Waals surface area contributed by atoms with Crippen molar-refractivity contribution < 1.29 is 28.6 Å². The Morgan fingerprint density at radius 2 is 0.587 bits per heavy atom. The SMILES string of the molecule is CCCCCC/C=C\CCCCCCCCCC(=O)O[C@H](COC(=O)CCC/C=C\C/C=C\C/C=C\CCCCCCCC)COC(=O)CCCCCCC/C=C\CCCCCC. The van der Waals surface area contributed by atoms with E-state index in [9.17, 15) is 14.4 Å². The first kappa shape index (κ1) is 60.1. The second-order valence-electron chi connectivity index (χ2n) is 17.8. The molecule has 0 aromatic heterocycles. The molecule has 0 aliphatic heterocycles. The maximum Gasteiger partial charge on any atom is 0.306 e. The average molecular weight is 881 g/mol. The van der Waals surface area contributed by atoms with Crippen LogP contribution in [0.4, 0.5) is 0 Å². The normalized spacial score (nSPS) is 12.5. The van der Waals surface area contributed by atoms with Gasteiger partial charge in [-0.3, -0.25) is 14.4 Å². The van der Waals surface area contributed by atoms with E-state index in [-0.39, 0.29) is 37.5 Å². The highest BCUT2D eigenvalue weighted by atomic mass is 16.6. The summed E-state index contributed by atoms with van der Waals surface area (Å²) in [7, 11) is 0. The van der Waals surface area contributed by atoms with E-state index in [2.05, 4.69) is 81.5 Å². The van der Waals surface area contributed by atoms with Crippen LogP contribution in [0.15, 0.2) is 60.8 Å². The second-order valence-corrected chi connectivity index (χ2v) is 17.8. The minimum atomic E-state index is -0.799. The predicted octanol–water partition coefficient (Wildman–Crippen LogP) is 17.6. The van der Waals surface area contributed by atoms with Crippen molar-refractivity contribution >= 4 is 17.9 Å². The fourth-order valence-electron chi connectivity index (χ4n) is 7.39. The van der Waals surface area contributed by atoms with Gasteiger partial charge in [-0.15, -0.1) is 0 Å². The molecule has 6 nitrogen and oxygen atoms in total. The lowest BCUT2D eigenvalue weighted by atomic mass is 10.1. The standard InChI is InChI=1S/C57H100O6/c1-4-7-10-13-16-19-22-25-27-28-30-32-35-38-41-44-47-50-56(59)62-53-54(52-61-55(58)49-46-43-40-37-34-31-24-21-18-15-12-9-6-3)63-57(60)51-48-45-42-39-36-33-29-26-23-20-17-14-11-8-5-2/h20-21,23-25,27,30,32,38,41,54H,4-19,22,26,28-29,31,33-37,39-40,42-53H2,1-3H3/b23-20-,24-21-,27-25-,32-30-,41-38-/t54-/m0/s1. The van der Waals surface area contributed by atoms with E-state index in [1.54, 1.807) is 0 Å². The van der Waals surface area contributed by atoms with Gasteiger partial charge in [-0.25, -0.2) is 0 Å². The van der Waals surface area contributed by atoms with Crippen LogP contribution < -0.4 is 0 Å². The Morgan fingerprint density at radius 1 is 0.317 bits per heavy atom. The zero-order valence-electron chi connectivity index (χ0n) is 41.6. The van der Waals surface area contributed by atoms with E-state index >= 15 is 0 Å². The van der Waals surface area contributed by atoms with Crippen LogP contribution in [0.25, 0.3) is 0 Å². The third kappa shape index (κ3) is 50.0. The lowest BCUT2D eigenvalue weighted by Gasteiger charge is -2.18. The van der Waals surface area contributed by atoms with Gasteiger partial charge in [0.15, 0.2) is 6.10 Å². The van der Waals surface area contributed by atoms with Gasteiger partial charge in [-0.05, 0) is 103 Å². The van der Waals surface area contributed by atoms with Gasteiger partial charge in [0.25, 0.3) is 0 Å². The molecule has 0 radical (unpaired) electrons. The Labute approximate surface area is 390 Å². The molecule has 1 atom stereocenters. The largest absolute Gasteiger partial charge is 0.462 e. The molecule has 0 spiro atoms. The van der Waals surface area contributed by atoms with Crippen molar-refractivity contribution in [3.05, 3.63) is 60.8 Å². The van der Waals surface area contributed by atoms with E-state index < -0.39 is 6.10 Å². The molecule has 0 aliphatic carbocycles. The molecule has 0 N–H and O–H groups in total. The molecule has 0 saturated carbocycles. The summed E-state index contributed by atoms with van der Waals surface area (Å²) in [5, 5.41) is 0. The van der Waals surface area contributed by atoms with Gasteiger partial charge in [-0.1, -0.05) is 204 Å². The molecule has 0 amide bonds. The number of rotatable bonds is 48. The van der Waals surface area contributed by atoms with Gasteiger partial charge in [0.2, 0.25) is 0 Å². The Bertz CT molecular complexity index is 1150. The number of carbonyl (C=O) groups is 3. The summed E-state index contributed by atoms with van der Waals surface area (Å²) >= 11 is 0. The highest BCUT2D eigenvalue weighted by molar-refractivity contribution is 5.71. The quantitative estimate of drug-likeness (QED) is 0.0262. The first-order chi connectivity index (χ1) is 31.0. The van der Waals surface area contributed by atoms with Gasteiger partial charge in [0, 0.05) is 19.3 Å². The van der Waals surface area contributed by atoms with Gasteiger partial charge < -0.3 is 14.2 Å².